The van der Waals surface area contributed by atoms with Crippen LogP contribution in [-0.4, -0.2) is 23.8 Å². The average Bonchev–Trinajstić information content (AvgIpc) is 2.30. The first-order valence-corrected chi connectivity index (χ1v) is 6.76. The molecule has 0 fully saturated rings. The second kappa shape index (κ2) is 7.38. The fourth-order valence-corrected chi connectivity index (χ4v) is 2.09. The van der Waals surface area contributed by atoms with Crippen molar-refractivity contribution in [3.05, 3.63) is 28.2 Å². The molecule has 1 rings (SSSR count). The normalized spacial score (nSPS) is 12.0. The molecule has 18 heavy (non-hydrogen) atoms. The van der Waals surface area contributed by atoms with Crippen molar-refractivity contribution in [2.45, 2.75) is 32.7 Å². The zero-order chi connectivity index (χ0) is 13.5. The van der Waals surface area contributed by atoms with E-state index < -0.39 is 0 Å². The van der Waals surface area contributed by atoms with Crippen molar-refractivity contribution in [2.75, 3.05) is 11.9 Å². The van der Waals surface area contributed by atoms with Gasteiger partial charge in [-0.2, -0.15) is 0 Å². The molecule has 1 unspecified atom stereocenters. The third kappa shape index (κ3) is 5.06. The number of urea groups is 1. The lowest BCUT2D eigenvalue weighted by atomic mass is 10.2. The van der Waals surface area contributed by atoms with Crippen molar-refractivity contribution < 1.29 is 9.90 Å². The van der Waals surface area contributed by atoms with E-state index in [0.29, 0.717) is 6.42 Å². The Hall–Kier alpha value is -1.07. The number of hydrogen-bond acceptors (Lipinski definition) is 2. The first-order chi connectivity index (χ1) is 8.52. The summed E-state index contributed by atoms with van der Waals surface area (Å²) < 4.78 is 0.988. The summed E-state index contributed by atoms with van der Waals surface area (Å²) in [6, 6.07) is 5.53. The van der Waals surface area contributed by atoms with Crippen LogP contribution in [0.15, 0.2) is 22.7 Å². The van der Waals surface area contributed by atoms with Crippen LogP contribution in [0, 0.1) is 6.92 Å². The number of anilines is 1. The van der Waals surface area contributed by atoms with Crippen LogP contribution in [0.2, 0.25) is 0 Å². The number of aliphatic hydroxyl groups excluding tert-OH is 1. The zero-order valence-electron chi connectivity index (χ0n) is 10.7. The number of aliphatic hydroxyl groups is 1. The summed E-state index contributed by atoms with van der Waals surface area (Å²) in [5.74, 6) is 0. The van der Waals surface area contributed by atoms with E-state index >= 15 is 0 Å². The fourth-order valence-electron chi connectivity index (χ4n) is 1.62. The number of hydrogen-bond donors (Lipinski definition) is 3. The van der Waals surface area contributed by atoms with Gasteiger partial charge in [0.05, 0.1) is 0 Å². The maximum absolute atomic E-state index is 11.7. The Labute approximate surface area is 116 Å². The van der Waals surface area contributed by atoms with Crippen molar-refractivity contribution in [1.82, 2.24) is 5.32 Å². The molecule has 0 saturated carbocycles. The first-order valence-electron chi connectivity index (χ1n) is 5.97. The number of carbonyl (C=O) groups excluding carboxylic acids is 1. The van der Waals surface area contributed by atoms with E-state index in [2.05, 4.69) is 26.6 Å². The summed E-state index contributed by atoms with van der Waals surface area (Å²) in [5.41, 5.74) is 1.80. The Morgan fingerprint density at radius 2 is 2.22 bits per heavy atom. The standard InChI is InChI=1S/C13H19BrN2O2/c1-9-8-11(14)5-6-12(9)16-13(18)15-10(2)4-3-7-17/h5-6,8,10,17H,3-4,7H2,1-2H3,(H2,15,16,18). The van der Waals surface area contributed by atoms with Gasteiger partial charge in [0.2, 0.25) is 0 Å². The van der Waals surface area contributed by atoms with Crippen molar-refractivity contribution in [2.24, 2.45) is 0 Å². The van der Waals surface area contributed by atoms with Crippen molar-refractivity contribution in [3.8, 4) is 0 Å². The van der Waals surface area contributed by atoms with E-state index in [1.165, 1.54) is 0 Å². The Kier molecular flexibility index (Phi) is 6.15. The predicted molar refractivity (Wildman–Crippen MR) is 76.8 cm³/mol. The Morgan fingerprint density at radius 1 is 1.50 bits per heavy atom. The van der Waals surface area contributed by atoms with Gasteiger partial charge in [-0.1, -0.05) is 15.9 Å². The summed E-state index contributed by atoms with van der Waals surface area (Å²) in [4.78, 5) is 11.7. The minimum atomic E-state index is -0.217. The van der Waals surface area contributed by atoms with Crippen molar-refractivity contribution >= 4 is 27.6 Å². The zero-order valence-corrected chi connectivity index (χ0v) is 12.3. The topological polar surface area (TPSA) is 61.4 Å². The molecule has 1 aromatic rings. The van der Waals surface area contributed by atoms with Gasteiger partial charge in [0.15, 0.2) is 0 Å². The highest BCUT2D eigenvalue weighted by atomic mass is 79.9. The summed E-state index contributed by atoms with van der Waals surface area (Å²) >= 11 is 3.38. The van der Waals surface area contributed by atoms with Gasteiger partial charge in [0.25, 0.3) is 0 Å². The summed E-state index contributed by atoms with van der Waals surface area (Å²) in [7, 11) is 0. The minimum Gasteiger partial charge on any atom is -0.396 e. The molecule has 0 aromatic heterocycles. The molecule has 100 valence electrons. The highest BCUT2D eigenvalue weighted by Crippen LogP contribution is 2.19. The average molecular weight is 315 g/mol. The van der Waals surface area contributed by atoms with E-state index in [9.17, 15) is 4.79 Å². The molecule has 0 radical (unpaired) electrons. The number of benzene rings is 1. The maximum atomic E-state index is 11.7. The minimum absolute atomic E-state index is 0.0490. The van der Waals surface area contributed by atoms with Crippen LogP contribution in [0.1, 0.15) is 25.3 Å². The molecule has 0 aliphatic heterocycles. The summed E-state index contributed by atoms with van der Waals surface area (Å²) in [6.45, 7) is 4.01. The molecule has 5 heteroatoms. The van der Waals surface area contributed by atoms with Gasteiger partial charge in [0, 0.05) is 22.8 Å². The van der Waals surface area contributed by atoms with Gasteiger partial charge in [0.1, 0.15) is 0 Å². The molecule has 0 aliphatic rings. The number of halogens is 1. The van der Waals surface area contributed by atoms with Crippen LogP contribution in [-0.2, 0) is 0 Å². The molecule has 0 saturated heterocycles. The van der Waals surface area contributed by atoms with Gasteiger partial charge in [-0.25, -0.2) is 4.79 Å². The third-order valence-electron chi connectivity index (χ3n) is 2.61. The second-order valence-corrected chi connectivity index (χ2v) is 5.24. The van der Waals surface area contributed by atoms with Gasteiger partial charge >= 0.3 is 6.03 Å². The van der Waals surface area contributed by atoms with Crippen LogP contribution in [0.4, 0.5) is 10.5 Å². The van der Waals surface area contributed by atoms with E-state index in [4.69, 9.17) is 5.11 Å². The lowest BCUT2D eigenvalue weighted by molar-refractivity contribution is 0.245. The van der Waals surface area contributed by atoms with Crippen molar-refractivity contribution in [3.63, 3.8) is 0 Å². The van der Waals surface area contributed by atoms with Gasteiger partial charge in [-0.15, -0.1) is 0 Å². The van der Waals surface area contributed by atoms with Gasteiger partial charge < -0.3 is 15.7 Å². The van der Waals surface area contributed by atoms with Gasteiger partial charge in [-0.05, 0) is 50.5 Å². The monoisotopic (exact) mass is 314 g/mol. The van der Waals surface area contributed by atoms with E-state index in [0.717, 1.165) is 22.1 Å². The summed E-state index contributed by atoms with van der Waals surface area (Å²) in [5, 5.41) is 14.4. The molecule has 0 spiro atoms. The number of carbonyl (C=O) groups is 1. The molecule has 2 amide bonds. The van der Waals surface area contributed by atoms with Crippen molar-refractivity contribution in [1.29, 1.82) is 0 Å². The smallest absolute Gasteiger partial charge is 0.319 e. The predicted octanol–water partition coefficient (Wildman–Crippen LogP) is 3.04. The highest BCUT2D eigenvalue weighted by Gasteiger charge is 2.08. The van der Waals surface area contributed by atoms with Crippen LogP contribution in [0.5, 0.6) is 0 Å². The van der Waals surface area contributed by atoms with Gasteiger partial charge in [-0.3, -0.25) is 0 Å². The first kappa shape index (κ1) is 15.0. The van der Waals surface area contributed by atoms with E-state index in [1.807, 2.05) is 32.0 Å². The van der Waals surface area contributed by atoms with E-state index in [1.54, 1.807) is 0 Å². The molecule has 0 heterocycles. The molecule has 0 bridgehead atoms. The quantitative estimate of drug-likeness (QED) is 0.782. The number of rotatable bonds is 5. The second-order valence-electron chi connectivity index (χ2n) is 4.32. The Morgan fingerprint density at radius 3 is 2.83 bits per heavy atom. The lowest BCUT2D eigenvalue weighted by Crippen LogP contribution is -2.36. The summed E-state index contributed by atoms with van der Waals surface area (Å²) in [6.07, 6.45) is 1.46. The molecule has 1 atom stereocenters. The molecule has 0 aliphatic carbocycles. The highest BCUT2D eigenvalue weighted by molar-refractivity contribution is 9.10. The maximum Gasteiger partial charge on any atom is 0.319 e. The fraction of sp³-hybridized carbons (Fsp3) is 0.462. The van der Waals surface area contributed by atoms with Crippen LogP contribution in [0.25, 0.3) is 0 Å². The largest absolute Gasteiger partial charge is 0.396 e. The van der Waals surface area contributed by atoms with Crippen LogP contribution < -0.4 is 10.6 Å². The number of amides is 2. The lowest BCUT2D eigenvalue weighted by Gasteiger charge is -2.15. The SMILES string of the molecule is Cc1cc(Br)ccc1NC(=O)NC(C)CCCO. The molecular formula is C13H19BrN2O2. The molecule has 4 nitrogen and oxygen atoms in total. The van der Waals surface area contributed by atoms with E-state index in [-0.39, 0.29) is 18.7 Å². The molecule has 1 aromatic carbocycles. The molecular weight excluding hydrogens is 296 g/mol. The van der Waals surface area contributed by atoms with Crippen LogP contribution in [0.3, 0.4) is 0 Å². The Balaban J connectivity index is 2.49. The van der Waals surface area contributed by atoms with Crippen LogP contribution >= 0.6 is 15.9 Å². The third-order valence-corrected chi connectivity index (χ3v) is 3.10. The number of aryl methyl sites for hydroxylation is 1. The number of nitrogens with one attached hydrogen (secondary N) is 2. The Bertz CT molecular complexity index is 410. The molecule has 3 N–H and O–H groups in total.